The van der Waals surface area contributed by atoms with Gasteiger partial charge in [-0.3, -0.25) is 0 Å². The summed E-state index contributed by atoms with van der Waals surface area (Å²) >= 11 is 0. The van der Waals surface area contributed by atoms with E-state index in [1.54, 1.807) is 0 Å². The average Bonchev–Trinajstić information content (AvgIpc) is 2.83. The Kier molecular flexibility index (Phi) is 5.63. The van der Waals surface area contributed by atoms with Crippen molar-refractivity contribution in [2.45, 2.75) is 70.9 Å². The van der Waals surface area contributed by atoms with Crippen LogP contribution < -0.4 is 5.32 Å². The van der Waals surface area contributed by atoms with Crippen molar-refractivity contribution in [1.82, 2.24) is 10.2 Å². The molecule has 1 fully saturated rings. The van der Waals surface area contributed by atoms with Crippen molar-refractivity contribution in [1.29, 1.82) is 0 Å². The molecule has 2 atom stereocenters. The number of nitrogens with one attached hydrogen (secondary N) is 1. The number of carboxylic acids is 1. The zero-order valence-electron chi connectivity index (χ0n) is 12.2. The zero-order valence-corrected chi connectivity index (χ0v) is 12.2. The van der Waals surface area contributed by atoms with Crippen LogP contribution in [0.15, 0.2) is 0 Å². The molecule has 0 aromatic rings. The number of carbonyl (C=O) groups excluding carboxylic acids is 1. The van der Waals surface area contributed by atoms with Crippen molar-refractivity contribution in [3.63, 3.8) is 0 Å². The molecule has 19 heavy (non-hydrogen) atoms. The van der Waals surface area contributed by atoms with Gasteiger partial charge in [-0.15, -0.1) is 0 Å². The Morgan fingerprint density at radius 2 is 2.05 bits per heavy atom. The molecule has 2 N–H and O–H groups in total. The fraction of sp³-hybridized carbons (Fsp3) is 0.857. The number of rotatable bonds is 6. The molecule has 1 aliphatic rings. The molecule has 1 rings (SSSR count). The number of nitrogens with zero attached hydrogens (tertiary/aromatic N) is 1. The van der Waals surface area contributed by atoms with Gasteiger partial charge in [-0.25, -0.2) is 9.59 Å². The molecular formula is C14H26N2O3. The van der Waals surface area contributed by atoms with Gasteiger partial charge in [-0.1, -0.05) is 27.2 Å². The van der Waals surface area contributed by atoms with Gasteiger partial charge in [-0.05, 0) is 32.1 Å². The molecule has 0 saturated carbocycles. The quantitative estimate of drug-likeness (QED) is 0.779. The van der Waals surface area contributed by atoms with E-state index in [-0.39, 0.29) is 12.1 Å². The van der Waals surface area contributed by atoms with E-state index in [9.17, 15) is 14.7 Å². The van der Waals surface area contributed by atoms with Crippen LogP contribution in [0.2, 0.25) is 0 Å². The smallest absolute Gasteiger partial charge is 0.329 e. The van der Waals surface area contributed by atoms with Crippen LogP contribution in [-0.2, 0) is 4.79 Å². The highest BCUT2D eigenvalue weighted by Gasteiger charge is 2.48. The first-order chi connectivity index (χ1) is 9.01. The summed E-state index contributed by atoms with van der Waals surface area (Å²) in [6.07, 6.45) is 4.59. The number of likely N-dealkylation sites (tertiary alicyclic amines) is 1. The van der Waals surface area contributed by atoms with Gasteiger partial charge in [0.15, 0.2) is 0 Å². The predicted octanol–water partition coefficient (Wildman–Crippen LogP) is 2.60. The second-order valence-corrected chi connectivity index (χ2v) is 5.29. The Hall–Kier alpha value is -1.26. The van der Waals surface area contributed by atoms with Crippen molar-refractivity contribution in [2.24, 2.45) is 0 Å². The summed E-state index contributed by atoms with van der Waals surface area (Å²) in [4.78, 5) is 25.4. The summed E-state index contributed by atoms with van der Waals surface area (Å²) in [7, 11) is 0. The maximum atomic E-state index is 12.3. The molecule has 0 aromatic heterocycles. The van der Waals surface area contributed by atoms with Crippen molar-refractivity contribution in [3.8, 4) is 0 Å². The van der Waals surface area contributed by atoms with E-state index in [1.807, 2.05) is 13.8 Å². The lowest BCUT2D eigenvalue weighted by Crippen LogP contribution is -2.57. The van der Waals surface area contributed by atoms with E-state index in [4.69, 9.17) is 0 Å². The molecule has 2 unspecified atom stereocenters. The molecule has 1 aliphatic heterocycles. The molecule has 0 bridgehead atoms. The minimum absolute atomic E-state index is 0.140. The Bertz CT molecular complexity index is 333. The first kappa shape index (κ1) is 15.8. The number of hydrogen-bond donors (Lipinski definition) is 2. The van der Waals surface area contributed by atoms with Gasteiger partial charge in [0.2, 0.25) is 0 Å². The molecule has 110 valence electrons. The van der Waals surface area contributed by atoms with E-state index in [0.717, 1.165) is 25.7 Å². The summed E-state index contributed by atoms with van der Waals surface area (Å²) in [6.45, 7) is 6.49. The van der Waals surface area contributed by atoms with Gasteiger partial charge >= 0.3 is 12.0 Å². The number of aliphatic carboxylic acids is 1. The summed E-state index contributed by atoms with van der Waals surface area (Å²) in [5.74, 6) is -0.883. The monoisotopic (exact) mass is 270 g/mol. The lowest BCUT2D eigenvalue weighted by atomic mass is 9.93. The first-order valence-corrected chi connectivity index (χ1v) is 7.33. The lowest BCUT2D eigenvalue weighted by molar-refractivity contribution is -0.148. The van der Waals surface area contributed by atoms with Gasteiger partial charge in [-0.2, -0.15) is 0 Å². The summed E-state index contributed by atoms with van der Waals surface area (Å²) in [5.41, 5.74) is -1.01. The third-order valence-corrected chi connectivity index (χ3v) is 4.17. The standard InChI is InChI=1S/C14H26N2O3/c1-4-8-11(5-2)15-13(19)16-10-7-9-14(16,6-3)12(17)18/h11H,4-10H2,1-3H3,(H,15,19)(H,17,18). The topological polar surface area (TPSA) is 69.6 Å². The number of carbonyl (C=O) groups is 2. The highest BCUT2D eigenvalue weighted by Crippen LogP contribution is 2.32. The SMILES string of the molecule is CCCC(CC)NC(=O)N1CCCC1(CC)C(=O)O. The molecule has 0 spiro atoms. The van der Waals surface area contributed by atoms with Gasteiger partial charge in [0, 0.05) is 12.6 Å². The molecular weight excluding hydrogens is 244 g/mol. The van der Waals surface area contributed by atoms with Crippen LogP contribution in [0.4, 0.5) is 4.79 Å². The van der Waals surface area contributed by atoms with Crippen molar-refractivity contribution < 1.29 is 14.7 Å². The minimum Gasteiger partial charge on any atom is -0.479 e. The minimum atomic E-state index is -1.01. The van der Waals surface area contributed by atoms with Crippen molar-refractivity contribution >= 4 is 12.0 Å². The molecule has 0 aromatic carbocycles. The maximum absolute atomic E-state index is 12.3. The average molecular weight is 270 g/mol. The maximum Gasteiger partial charge on any atom is 0.329 e. The molecule has 5 nitrogen and oxygen atoms in total. The van der Waals surface area contributed by atoms with Crippen LogP contribution in [0.1, 0.15) is 59.3 Å². The largest absolute Gasteiger partial charge is 0.479 e. The van der Waals surface area contributed by atoms with Gasteiger partial charge < -0.3 is 15.3 Å². The third-order valence-electron chi connectivity index (χ3n) is 4.17. The van der Waals surface area contributed by atoms with Crippen molar-refractivity contribution in [3.05, 3.63) is 0 Å². The number of hydrogen-bond acceptors (Lipinski definition) is 2. The van der Waals surface area contributed by atoms with Crippen LogP contribution >= 0.6 is 0 Å². The predicted molar refractivity (Wildman–Crippen MR) is 74.1 cm³/mol. The van der Waals surface area contributed by atoms with Crippen LogP contribution in [0.3, 0.4) is 0 Å². The fourth-order valence-corrected chi connectivity index (χ4v) is 2.90. The molecule has 1 saturated heterocycles. The number of amides is 2. The van der Waals surface area contributed by atoms with E-state index in [1.165, 1.54) is 4.90 Å². The Labute approximate surface area is 115 Å². The highest BCUT2D eigenvalue weighted by atomic mass is 16.4. The normalized spacial score (nSPS) is 24.3. The van der Waals surface area contributed by atoms with E-state index in [0.29, 0.717) is 19.4 Å². The third kappa shape index (κ3) is 3.19. The van der Waals surface area contributed by atoms with Crippen LogP contribution in [-0.4, -0.2) is 40.1 Å². The Morgan fingerprint density at radius 1 is 1.37 bits per heavy atom. The Balaban J connectivity index is 2.77. The van der Waals surface area contributed by atoms with Gasteiger partial charge in [0.25, 0.3) is 0 Å². The first-order valence-electron chi connectivity index (χ1n) is 7.33. The number of urea groups is 1. The lowest BCUT2D eigenvalue weighted by Gasteiger charge is -2.35. The van der Waals surface area contributed by atoms with Gasteiger partial charge in [0.1, 0.15) is 5.54 Å². The van der Waals surface area contributed by atoms with Crippen LogP contribution in [0.25, 0.3) is 0 Å². The fourth-order valence-electron chi connectivity index (χ4n) is 2.90. The van der Waals surface area contributed by atoms with Crippen LogP contribution in [0, 0.1) is 0 Å². The van der Waals surface area contributed by atoms with E-state index < -0.39 is 11.5 Å². The summed E-state index contributed by atoms with van der Waals surface area (Å²) in [5, 5.41) is 12.4. The summed E-state index contributed by atoms with van der Waals surface area (Å²) in [6, 6.07) is -0.0801. The molecule has 0 aliphatic carbocycles. The van der Waals surface area contributed by atoms with E-state index in [2.05, 4.69) is 12.2 Å². The highest BCUT2D eigenvalue weighted by molar-refractivity contribution is 5.87. The zero-order chi connectivity index (χ0) is 14.5. The molecule has 1 heterocycles. The molecule has 0 radical (unpaired) electrons. The van der Waals surface area contributed by atoms with Crippen LogP contribution in [0.5, 0.6) is 0 Å². The number of carboxylic acid groups (broad SMARTS) is 1. The second-order valence-electron chi connectivity index (χ2n) is 5.29. The molecule has 2 amide bonds. The van der Waals surface area contributed by atoms with E-state index >= 15 is 0 Å². The van der Waals surface area contributed by atoms with Crippen molar-refractivity contribution in [2.75, 3.05) is 6.54 Å². The van der Waals surface area contributed by atoms with Gasteiger partial charge in [0.05, 0.1) is 0 Å². The second kappa shape index (κ2) is 6.78. The Morgan fingerprint density at radius 3 is 2.53 bits per heavy atom. The summed E-state index contributed by atoms with van der Waals surface area (Å²) < 4.78 is 0. The molecule has 5 heteroatoms.